The molecule has 0 aliphatic carbocycles. The SMILES string of the molecule is COc1ccc(C(=O)N2CCN=C2c2cccc3ccccc23)cc1. The van der Waals surface area contributed by atoms with Gasteiger partial charge in [0.2, 0.25) is 0 Å². The van der Waals surface area contributed by atoms with Crippen LogP contribution >= 0.6 is 0 Å². The fourth-order valence-corrected chi connectivity index (χ4v) is 3.19. The first kappa shape index (κ1) is 15.4. The van der Waals surface area contributed by atoms with Crippen molar-refractivity contribution in [2.75, 3.05) is 20.2 Å². The molecule has 0 fully saturated rings. The Morgan fingerprint density at radius 3 is 2.56 bits per heavy atom. The highest BCUT2D eigenvalue weighted by Crippen LogP contribution is 2.23. The van der Waals surface area contributed by atoms with E-state index in [9.17, 15) is 4.79 Å². The molecule has 0 aromatic heterocycles. The first-order valence-electron chi connectivity index (χ1n) is 8.26. The van der Waals surface area contributed by atoms with Gasteiger partial charge in [0.05, 0.1) is 13.7 Å². The quantitative estimate of drug-likeness (QED) is 0.734. The molecule has 0 atom stereocenters. The maximum Gasteiger partial charge on any atom is 0.259 e. The maximum absolute atomic E-state index is 13.0. The Balaban J connectivity index is 1.71. The Kier molecular flexibility index (Phi) is 3.94. The molecule has 124 valence electrons. The molecule has 25 heavy (non-hydrogen) atoms. The molecule has 0 N–H and O–H groups in total. The molecule has 1 heterocycles. The number of nitrogens with zero attached hydrogens (tertiary/aromatic N) is 2. The minimum absolute atomic E-state index is 0.0353. The van der Waals surface area contributed by atoms with Crippen LogP contribution < -0.4 is 4.74 Å². The highest BCUT2D eigenvalue weighted by Gasteiger charge is 2.26. The average Bonchev–Trinajstić information content (AvgIpc) is 3.16. The van der Waals surface area contributed by atoms with Crippen LogP contribution in [0.4, 0.5) is 0 Å². The van der Waals surface area contributed by atoms with Crippen molar-refractivity contribution in [3.05, 3.63) is 77.9 Å². The summed E-state index contributed by atoms with van der Waals surface area (Å²) in [5.74, 6) is 1.45. The van der Waals surface area contributed by atoms with E-state index in [0.29, 0.717) is 18.7 Å². The number of carbonyl (C=O) groups is 1. The number of rotatable bonds is 3. The molecule has 0 radical (unpaired) electrons. The van der Waals surface area contributed by atoms with Crippen LogP contribution in [-0.4, -0.2) is 36.8 Å². The molecule has 4 nitrogen and oxygen atoms in total. The van der Waals surface area contributed by atoms with Gasteiger partial charge in [-0.2, -0.15) is 0 Å². The number of hydrogen-bond donors (Lipinski definition) is 0. The van der Waals surface area contributed by atoms with Gasteiger partial charge in [-0.25, -0.2) is 0 Å². The third-order valence-electron chi connectivity index (χ3n) is 4.45. The highest BCUT2D eigenvalue weighted by molar-refractivity contribution is 6.18. The van der Waals surface area contributed by atoms with Crippen LogP contribution in [0, 0.1) is 0 Å². The van der Waals surface area contributed by atoms with Gasteiger partial charge >= 0.3 is 0 Å². The van der Waals surface area contributed by atoms with Crippen molar-refractivity contribution in [1.82, 2.24) is 4.90 Å². The van der Waals surface area contributed by atoms with Crippen molar-refractivity contribution in [2.24, 2.45) is 4.99 Å². The second kappa shape index (κ2) is 6.40. The number of hydrogen-bond acceptors (Lipinski definition) is 3. The van der Waals surface area contributed by atoms with Crippen LogP contribution in [0.5, 0.6) is 5.75 Å². The van der Waals surface area contributed by atoms with Gasteiger partial charge in [-0.15, -0.1) is 0 Å². The van der Waals surface area contributed by atoms with E-state index < -0.39 is 0 Å². The van der Waals surface area contributed by atoms with Crippen LogP contribution in [0.2, 0.25) is 0 Å². The molecule has 0 spiro atoms. The molecule has 4 heteroatoms. The van der Waals surface area contributed by atoms with Crippen LogP contribution in [0.25, 0.3) is 10.8 Å². The molecule has 1 amide bonds. The zero-order valence-corrected chi connectivity index (χ0v) is 14.0. The molecule has 0 saturated carbocycles. The van der Waals surface area contributed by atoms with Gasteiger partial charge in [-0.1, -0.05) is 42.5 Å². The van der Waals surface area contributed by atoms with E-state index in [4.69, 9.17) is 4.74 Å². The van der Waals surface area contributed by atoms with Gasteiger partial charge in [0.25, 0.3) is 5.91 Å². The van der Waals surface area contributed by atoms with Gasteiger partial charge in [-0.3, -0.25) is 14.7 Å². The van der Waals surface area contributed by atoms with Crippen molar-refractivity contribution < 1.29 is 9.53 Å². The van der Waals surface area contributed by atoms with E-state index in [1.54, 1.807) is 36.3 Å². The van der Waals surface area contributed by atoms with E-state index in [1.807, 2.05) is 24.3 Å². The fourth-order valence-electron chi connectivity index (χ4n) is 3.19. The summed E-state index contributed by atoms with van der Waals surface area (Å²) in [6, 6.07) is 21.5. The Morgan fingerprint density at radius 1 is 1.00 bits per heavy atom. The summed E-state index contributed by atoms with van der Waals surface area (Å²) in [6.45, 7) is 1.23. The lowest BCUT2D eigenvalue weighted by atomic mass is 10.0. The molecule has 0 unspecified atom stereocenters. The molecule has 1 aliphatic rings. The number of fused-ring (bicyclic) bond motifs is 1. The Bertz CT molecular complexity index is 956. The van der Waals surface area contributed by atoms with Crippen molar-refractivity contribution in [1.29, 1.82) is 0 Å². The second-order valence-electron chi connectivity index (χ2n) is 5.92. The molecule has 0 saturated heterocycles. The summed E-state index contributed by atoms with van der Waals surface area (Å²) in [6.07, 6.45) is 0. The van der Waals surface area contributed by atoms with E-state index in [1.165, 1.54) is 0 Å². The summed E-state index contributed by atoms with van der Waals surface area (Å²) >= 11 is 0. The molecule has 0 bridgehead atoms. The van der Waals surface area contributed by atoms with Gasteiger partial charge < -0.3 is 4.74 Å². The lowest BCUT2D eigenvalue weighted by Crippen LogP contribution is -2.35. The maximum atomic E-state index is 13.0. The highest BCUT2D eigenvalue weighted by atomic mass is 16.5. The summed E-state index contributed by atoms with van der Waals surface area (Å²) in [5, 5.41) is 2.25. The number of amides is 1. The van der Waals surface area contributed by atoms with Gasteiger partial charge in [-0.05, 0) is 35.0 Å². The first-order valence-corrected chi connectivity index (χ1v) is 8.26. The predicted molar refractivity (Wildman–Crippen MR) is 99.4 cm³/mol. The molecule has 3 aromatic rings. The lowest BCUT2D eigenvalue weighted by molar-refractivity contribution is 0.0858. The number of benzene rings is 3. The molecule has 3 aromatic carbocycles. The van der Waals surface area contributed by atoms with Crippen LogP contribution in [-0.2, 0) is 0 Å². The standard InChI is InChI=1S/C21H18N2O2/c1-25-17-11-9-16(10-12-17)21(24)23-14-13-22-20(23)19-8-4-6-15-5-2-3-7-18(15)19/h2-12H,13-14H2,1H3. The van der Waals surface area contributed by atoms with Crippen molar-refractivity contribution in [3.63, 3.8) is 0 Å². The summed E-state index contributed by atoms with van der Waals surface area (Å²) in [5.41, 5.74) is 1.63. The fraction of sp³-hybridized carbons (Fsp3) is 0.143. The van der Waals surface area contributed by atoms with Crippen LogP contribution in [0.3, 0.4) is 0 Å². The number of methoxy groups -OCH3 is 1. The van der Waals surface area contributed by atoms with Crippen LogP contribution in [0.15, 0.2) is 71.7 Å². The van der Waals surface area contributed by atoms with Crippen LogP contribution in [0.1, 0.15) is 15.9 Å². The van der Waals surface area contributed by atoms with E-state index in [-0.39, 0.29) is 5.91 Å². The van der Waals surface area contributed by atoms with E-state index in [0.717, 1.165) is 27.9 Å². The second-order valence-corrected chi connectivity index (χ2v) is 5.92. The minimum atomic E-state index is -0.0353. The Labute approximate surface area is 146 Å². The lowest BCUT2D eigenvalue weighted by Gasteiger charge is -2.20. The zero-order valence-electron chi connectivity index (χ0n) is 14.0. The smallest absolute Gasteiger partial charge is 0.259 e. The third kappa shape index (κ3) is 2.76. The minimum Gasteiger partial charge on any atom is -0.497 e. The Hall–Kier alpha value is -3.14. The average molecular weight is 330 g/mol. The molecule has 4 rings (SSSR count). The van der Waals surface area contributed by atoms with Gasteiger partial charge in [0.15, 0.2) is 0 Å². The van der Waals surface area contributed by atoms with Gasteiger partial charge in [0.1, 0.15) is 11.6 Å². The normalized spacial score (nSPS) is 13.8. The summed E-state index contributed by atoms with van der Waals surface area (Å²) in [4.78, 5) is 19.4. The summed E-state index contributed by atoms with van der Waals surface area (Å²) < 4.78 is 5.16. The third-order valence-corrected chi connectivity index (χ3v) is 4.45. The van der Waals surface area contributed by atoms with E-state index >= 15 is 0 Å². The monoisotopic (exact) mass is 330 g/mol. The number of amidine groups is 1. The molecule has 1 aliphatic heterocycles. The first-order chi connectivity index (χ1) is 12.3. The van der Waals surface area contributed by atoms with Crippen molar-refractivity contribution >= 4 is 22.5 Å². The van der Waals surface area contributed by atoms with Gasteiger partial charge in [0, 0.05) is 17.7 Å². The zero-order chi connectivity index (χ0) is 17.2. The number of ether oxygens (including phenoxy) is 1. The van der Waals surface area contributed by atoms with Crippen molar-refractivity contribution in [3.8, 4) is 5.75 Å². The van der Waals surface area contributed by atoms with Crippen molar-refractivity contribution in [2.45, 2.75) is 0 Å². The predicted octanol–water partition coefficient (Wildman–Crippen LogP) is 3.75. The topological polar surface area (TPSA) is 41.9 Å². The molecular formula is C21H18N2O2. The van der Waals surface area contributed by atoms with E-state index in [2.05, 4.69) is 23.2 Å². The number of carbonyl (C=O) groups excluding carboxylic acids is 1. The Morgan fingerprint density at radius 2 is 1.76 bits per heavy atom. The molecular weight excluding hydrogens is 312 g/mol. The summed E-state index contributed by atoms with van der Waals surface area (Å²) in [7, 11) is 1.61. The number of aliphatic imine (C=N–C) groups is 1. The largest absolute Gasteiger partial charge is 0.497 e.